The van der Waals surface area contributed by atoms with Gasteiger partial charge in [0.2, 0.25) is 0 Å². The summed E-state index contributed by atoms with van der Waals surface area (Å²) >= 11 is 3.42. The van der Waals surface area contributed by atoms with Crippen LogP contribution in [0.25, 0.3) is 0 Å². The summed E-state index contributed by atoms with van der Waals surface area (Å²) in [5.74, 6) is 1.25. The van der Waals surface area contributed by atoms with Gasteiger partial charge in [0.15, 0.2) is 5.78 Å². The van der Waals surface area contributed by atoms with Crippen molar-refractivity contribution in [1.29, 1.82) is 0 Å². The standard InChI is InChI=1S/C14H14OS2/c1-2-16-12-7-5-11(6-8-12)14(15)10-13-4-3-9-17-13/h3-9H,2,10H2,1H3. The van der Waals surface area contributed by atoms with Crippen molar-refractivity contribution in [2.45, 2.75) is 18.2 Å². The Labute approximate surface area is 110 Å². The zero-order valence-electron chi connectivity index (χ0n) is 9.68. The first-order valence-corrected chi connectivity index (χ1v) is 7.44. The maximum absolute atomic E-state index is 12.0. The second-order valence-electron chi connectivity index (χ2n) is 3.64. The predicted octanol–water partition coefficient (Wildman–Crippen LogP) is 4.29. The maximum Gasteiger partial charge on any atom is 0.168 e. The van der Waals surface area contributed by atoms with Crippen LogP contribution in [0, 0.1) is 0 Å². The van der Waals surface area contributed by atoms with Crippen molar-refractivity contribution in [3.63, 3.8) is 0 Å². The van der Waals surface area contributed by atoms with Crippen molar-refractivity contribution in [1.82, 2.24) is 0 Å². The third kappa shape index (κ3) is 3.45. The Balaban J connectivity index is 2.04. The van der Waals surface area contributed by atoms with Gasteiger partial charge in [-0.05, 0) is 29.3 Å². The van der Waals surface area contributed by atoms with E-state index in [4.69, 9.17) is 0 Å². The summed E-state index contributed by atoms with van der Waals surface area (Å²) in [5, 5.41) is 2.00. The van der Waals surface area contributed by atoms with E-state index in [0.717, 1.165) is 16.2 Å². The van der Waals surface area contributed by atoms with Crippen LogP contribution in [-0.4, -0.2) is 11.5 Å². The maximum atomic E-state index is 12.0. The molecule has 0 atom stereocenters. The van der Waals surface area contributed by atoms with Gasteiger partial charge in [0.25, 0.3) is 0 Å². The Morgan fingerprint density at radius 3 is 2.59 bits per heavy atom. The van der Waals surface area contributed by atoms with E-state index < -0.39 is 0 Å². The molecule has 1 nitrogen and oxygen atoms in total. The summed E-state index contributed by atoms with van der Waals surface area (Å²) in [6.07, 6.45) is 0.512. The lowest BCUT2D eigenvalue weighted by molar-refractivity contribution is 0.0994. The van der Waals surface area contributed by atoms with E-state index >= 15 is 0 Å². The van der Waals surface area contributed by atoms with E-state index in [1.165, 1.54) is 4.90 Å². The molecule has 0 radical (unpaired) electrons. The third-order valence-corrected chi connectivity index (χ3v) is 4.17. The molecule has 1 aromatic carbocycles. The zero-order chi connectivity index (χ0) is 12.1. The second-order valence-corrected chi connectivity index (χ2v) is 6.01. The molecule has 0 spiro atoms. The van der Waals surface area contributed by atoms with E-state index in [9.17, 15) is 4.79 Å². The summed E-state index contributed by atoms with van der Waals surface area (Å²) in [6, 6.07) is 11.9. The highest BCUT2D eigenvalue weighted by Crippen LogP contribution is 2.19. The lowest BCUT2D eigenvalue weighted by Crippen LogP contribution is -2.01. The first-order chi connectivity index (χ1) is 8.29. The van der Waals surface area contributed by atoms with E-state index in [1.807, 2.05) is 41.8 Å². The van der Waals surface area contributed by atoms with Crippen LogP contribution >= 0.6 is 23.1 Å². The third-order valence-electron chi connectivity index (χ3n) is 2.40. The number of ketones is 1. The van der Waals surface area contributed by atoms with E-state index in [1.54, 1.807) is 23.1 Å². The fourth-order valence-corrected chi connectivity index (χ4v) is 2.94. The summed E-state index contributed by atoms with van der Waals surface area (Å²) < 4.78 is 0. The van der Waals surface area contributed by atoms with Crippen LogP contribution in [0.4, 0.5) is 0 Å². The van der Waals surface area contributed by atoms with E-state index in [-0.39, 0.29) is 5.78 Å². The molecule has 2 rings (SSSR count). The number of hydrogen-bond acceptors (Lipinski definition) is 3. The number of benzene rings is 1. The van der Waals surface area contributed by atoms with Crippen LogP contribution in [0.2, 0.25) is 0 Å². The molecule has 2 aromatic rings. The highest BCUT2D eigenvalue weighted by atomic mass is 32.2. The average molecular weight is 262 g/mol. The Morgan fingerprint density at radius 1 is 1.24 bits per heavy atom. The number of thioether (sulfide) groups is 1. The van der Waals surface area contributed by atoms with Crippen LogP contribution in [0.15, 0.2) is 46.7 Å². The summed E-state index contributed by atoms with van der Waals surface area (Å²) in [4.78, 5) is 14.3. The van der Waals surface area contributed by atoms with Crippen molar-refractivity contribution >= 4 is 28.9 Å². The van der Waals surface area contributed by atoms with Crippen molar-refractivity contribution in [2.24, 2.45) is 0 Å². The average Bonchev–Trinajstić information content (AvgIpc) is 2.83. The van der Waals surface area contributed by atoms with Gasteiger partial charge in [0.1, 0.15) is 0 Å². The predicted molar refractivity (Wildman–Crippen MR) is 75.2 cm³/mol. The van der Waals surface area contributed by atoms with E-state index in [0.29, 0.717) is 6.42 Å². The summed E-state index contributed by atoms with van der Waals surface area (Å²) in [7, 11) is 0. The van der Waals surface area contributed by atoms with Crippen LogP contribution in [0.1, 0.15) is 22.2 Å². The summed E-state index contributed by atoms with van der Waals surface area (Å²) in [5.41, 5.74) is 0.804. The molecule has 0 aliphatic rings. The molecule has 0 amide bonds. The molecular weight excluding hydrogens is 248 g/mol. The van der Waals surface area contributed by atoms with Gasteiger partial charge in [-0.2, -0.15) is 0 Å². The highest BCUT2D eigenvalue weighted by Gasteiger charge is 2.07. The Kier molecular flexibility index (Phi) is 4.40. The molecule has 1 aromatic heterocycles. The molecule has 3 heteroatoms. The van der Waals surface area contributed by atoms with Crippen molar-refractivity contribution in [3.8, 4) is 0 Å². The number of rotatable bonds is 5. The van der Waals surface area contributed by atoms with Crippen LogP contribution < -0.4 is 0 Å². The molecule has 0 unspecified atom stereocenters. The van der Waals surface area contributed by atoms with Crippen LogP contribution in [0.3, 0.4) is 0 Å². The van der Waals surface area contributed by atoms with Crippen LogP contribution in [0.5, 0.6) is 0 Å². The van der Waals surface area contributed by atoms with Crippen molar-refractivity contribution < 1.29 is 4.79 Å². The minimum absolute atomic E-state index is 0.195. The second kappa shape index (κ2) is 6.03. The van der Waals surface area contributed by atoms with Gasteiger partial charge in [-0.1, -0.05) is 25.1 Å². The van der Waals surface area contributed by atoms with Gasteiger partial charge in [-0.3, -0.25) is 4.79 Å². The quantitative estimate of drug-likeness (QED) is 0.591. The molecule has 0 saturated carbocycles. The van der Waals surface area contributed by atoms with Gasteiger partial charge >= 0.3 is 0 Å². The molecule has 17 heavy (non-hydrogen) atoms. The topological polar surface area (TPSA) is 17.1 Å². The van der Waals surface area contributed by atoms with Crippen molar-refractivity contribution in [2.75, 3.05) is 5.75 Å². The fourth-order valence-electron chi connectivity index (χ4n) is 1.58. The number of thiophene rings is 1. The molecule has 88 valence electrons. The molecular formula is C14H14OS2. The highest BCUT2D eigenvalue weighted by molar-refractivity contribution is 7.99. The van der Waals surface area contributed by atoms with Crippen LogP contribution in [-0.2, 0) is 6.42 Å². The van der Waals surface area contributed by atoms with E-state index in [2.05, 4.69) is 6.92 Å². The SMILES string of the molecule is CCSc1ccc(C(=O)Cc2cccs2)cc1. The minimum Gasteiger partial charge on any atom is -0.294 e. The number of carbonyl (C=O) groups is 1. The Bertz CT molecular complexity index is 471. The first-order valence-electron chi connectivity index (χ1n) is 5.58. The monoisotopic (exact) mass is 262 g/mol. The molecule has 0 aliphatic heterocycles. The first kappa shape index (κ1) is 12.4. The zero-order valence-corrected chi connectivity index (χ0v) is 11.3. The van der Waals surface area contributed by atoms with Gasteiger partial charge in [-0.25, -0.2) is 0 Å². The molecule has 0 aliphatic carbocycles. The van der Waals surface area contributed by atoms with Gasteiger partial charge in [-0.15, -0.1) is 23.1 Å². The molecule has 1 heterocycles. The number of Topliss-reactive ketones (excluding diaryl/α,β-unsaturated/α-hetero) is 1. The Hall–Kier alpha value is -1.06. The largest absolute Gasteiger partial charge is 0.294 e. The molecule has 0 saturated heterocycles. The minimum atomic E-state index is 0.195. The Morgan fingerprint density at radius 2 is 2.00 bits per heavy atom. The van der Waals surface area contributed by atoms with Gasteiger partial charge in [0, 0.05) is 21.8 Å². The van der Waals surface area contributed by atoms with Crippen molar-refractivity contribution in [3.05, 3.63) is 52.2 Å². The smallest absolute Gasteiger partial charge is 0.168 e. The lowest BCUT2D eigenvalue weighted by atomic mass is 10.1. The lowest BCUT2D eigenvalue weighted by Gasteiger charge is -2.01. The van der Waals surface area contributed by atoms with Gasteiger partial charge < -0.3 is 0 Å². The molecule has 0 fully saturated rings. The molecule has 0 bridgehead atoms. The number of hydrogen-bond donors (Lipinski definition) is 0. The fraction of sp³-hybridized carbons (Fsp3) is 0.214. The number of carbonyl (C=O) groups excluding carboxylic acids is 1. The van der Waals surface area contributed by atoms with Gasteiger partial charge in [0.05, 0.1) is 0 Å². The molecule has 0 N–H and O–H groups in total. The normalized spacial score (nSPS) is 10.4. The summed E-state index contributed by atoms with van der Waals surface area (Å²) in [6.45, 7) is 2.13.